The third-order valence-electron chi connectivity index (χ3n) is 5.49. The Morgan fingerprint density at radius 1 is 1.30 bits per heavy atom. The summed E-state index contributed by atoms with van der Waals surface area (Å²) in [7, 11) is 2.22. The number of hydrogen-bond acceptors (Lipinski definition) is 5. The number of rotatable bonds is 4. The van der Waals surface area contributed by atoms with Crippen LogP contribution in [0.15, 0.2) is 18.5 Å². The number of carbonyl (C=O) groups is 1. The quantitative estimate of drug-likeness (QED) is 0.843. The Bertz CT molecular complexity index is 529. The van der Waals surface area contributed by atoms with E-state index < -0.39 is 0 Å². The Morgan fingerprint density at radius 3 is 2.65 bits per heavy atom. The second-order valence-electron chi connectivity index (χ2n) is 6.55. The SMILES string of the molecule is CCOC[C@@H]1CCC2(CCN(C(=O)c3ncccn3)CC2)N1C. The number of carbonyl (C=O) groups excluding carboxylic acids is 1. The number of nitrogens with zero attached hydrogens (tertiary/aromatic N) is 4. The first kappa shape index (κ1) is 16.3. The predicted octanol–water partition coefficient (Wildman–Crippen LogP) is 1.58. The van der Waals surface area contributed by atoms with E-state index in [1.54, 1.807) is 18.5 Å². The highest BCUT2D eigenvalue weighted by Crippen LogP contribution is 2.40. The lowest BCUT2D eigenvalue weighted by molar-refractivity contribution is 0.0207. The monoisotopic (exact) mass is 318 g/mol. The molecule has 0 radical (unpaired) electrons. The highest BCUT2D eigenvalue weighted by atomic mass is 16.5. The molecule has 0 aliphatic carbocycles. The minimum absolute atomic E-state index is 0.0491. The lowest BCUT2D eigenvalue weighted by Crippen LogP contribution is -2.54. The lowest BCUT2D eigenvalue weighted by atomic mass is 9.85. The smallest absolute Gasteiger partial charge is 0.291 e. The first-order valence-electron chi connectivity index (χ1n) is 8.53. The van der Waals surface area contributed by atoms with Gasteiger partial charge >= 0.3 is 0 Å². The van der Waals surface area contributed by atoms with Crippen LogP contribution >= 0.6 is 0 Å². The maximum atomic E-state index is 12.5. The first-order chi connectivity index (χ1) is 11.2. The Labute approximate surface area is 137 Å². The van der Waals surface area contributed by atoms with Gasteiger partial charge in [-0.05, 0) is 45.7 Å². The Balaban J connectivity index is 1.59. The average molecular weight is 318 g/mol. The summed E-state index contributed by atoms with van der Waals surface area (Å²) in [5.74, 6) is 0.254. The fourth-order valence-electron chi connectivity index (χ4n) is 3.92. The summed E-state index contributed by atoms with van der Waals surface area (Å²) in [6, 6.07) is 2.24. The summed E-state index contributed by atoms with van der Waals surface area (Å²) < 4.78 is 5.62. The van der Waals surface area contributed by atoms with Crippen LogP contribution in [-0.2, 0) is 4.74 Å². The van der Waals surface area contributed by atoms with E-state index in [2.05, 4.69) is 21.9 Å². The van der Waals surface area contributed by atoms with Crippen LogP contribution in [0.4, 0.5) is 0 Å². The van der Waals surface area contributed by atoms with Crippen molar-refractivity contribution in [3.05, 3.63) is 24.3 Å². The van der Waals surface area contributed by atoms with Crippen molar-refractivity contribution in [1.29, 1.82) is 0 Å². The number of likely N-dealkylation sites (N-methyl/N-ethyl adjacent to an activating group) is 1. The van der Waals surface area contributed by atoms with E-state index in [1.165, 1.54) is 12.8 Å². The third kappa shape index (κ3) is 3.23. The van der Waals surface area contributed by atoms with E-state index in [0.717, 1.165) is 39.1 Å². The van der Waals surface area contributed by atoms with Gasteiger partial charge < -0.3 is 9.64 Å². The van der Waals surface area contributed by atoms with E-state index in [1.807, 2.05) is 11.8 Å². The number of ether oxygens (including phenoxy) is 1. The van der Waals surface area contributed by atoms with E-state index in [9.17, 15) is 4.79 Å². The van der Waals surface area contributed by atoms with Crippen LogP contribution < -0.4 is 0 Å². The normalized spacial score (nSPS) is 24.3. The molecule has 1 aromatic rings. The lowest BCUT2D eigenvalue weighted by Gasteiger charge is -2.44. The molecule has 0 unspecified atom stereocenters. The van der Waals surface area contributed by atoms with E-state index in [4.69, 9.17) is 4.74 Å². The third-order valence-corrected chi connectivity index (χ3v) is 5.49. The fourth-order valence-corrected chi connectivity index (χ4v) is 3.92. The van der Waals surface area contributed by atoms with Crippen molar-refractivity contribution in [3.8, 4) is 0 Å². The highest BCUT2D eigenvalue weighted by Gasteiger charge is 2.46. The minimum atomic E-state index is -0.0491. The first-order valence-corrected chi connectivity index (χ1v) is 8.53. The standard InChI is InChI=1S/C17H26N4O2/c1-3-23-13-14-5-6-17(20(14)2)7-11-21(12-8-17)16(22)15-18-9-4-10-19-15/h4,9-10,14H,3,5-8,11-13H2,1-2H3/t14-/m0/s1. The molecule has 126 valence electrons. The van der Waals surface area contributed by atoms with Gasteiger partial charge in [0.1, 0.15) is 0 Å². The summed E-state index contributed by atoms with van der Waals surface area (Å²) >= 11 is 0. The summed E-state index contributed by atoms with van der Waals surface area (Å²) in [6.07, 6.45) is 7.66. The number of likely N-dealkylation sites (tertiary alicyclic amines) is 2. The molecule has 1 atom stereocenters. The molecule has 0 N–H and O–H groups in total. The molecule has 2 aliphatic heterocycles. The summed E-state index contributed by atoms with van der Waals surface area (Å²) in [5, 5.41) is 0. The molecule has 3 rings (SSSR count). The van der Waals surface area contributed by atoms with Crippen LogP contribution in [0.3, 0.4) is 0 Å². The van der Waals surface area contributed by atoms with Gasteiger partial charge in [-0.1, -0.05) is 0 Å². The maximum absolute atomic E-state index is 12.5. The molecule has 0 bridgehead atoms. The van der Waals surface area contributed by atoms with E-state index in [-0.39, 0.29) is 11.4 Å². The molecule has 2 aliphatic rings. The van der Waals surface area contributed by atoms with Crippen molar-refractivity contribution in [2.45, 2.75) is 44.2 Å². The van der Waals surface area contributed by atoms with Crippen LogP contribution in [0.1, 0.15) is 43.2 Å². The molecule has 2 fully saturated rings. The van der Waals surface area contributed by atoms with Gasteiger partial charge in [-0.25, -0.2) is 9.97 Å². The van der Waals surface area contributed by atoms with Crippen molar-refractivity contribution in [2.75, 3.05) is 33.4 Å². The van der Waals surface area contributed by atoms with Gasteiger partial charge in [-0.15, -0.1) is 0 Å². The number of piperidine rings is 1. The van der Waals surface area contributed by atoms with Gasteiger partial charge in [0, 0.05) is 43.7 Å². The second kappa shape index (κ2) is 6.93. The van der Waals surface area contributed by atoms with Gasteiger partial charge in [-0.3, -0.25) is 9.69 Å². The molecule has 23 heavy (non-hydrogen) atoms. The van der Waals surface area contributed by atoms with Crippen molar-refractivity contribution in [2.24, 2.45) is 0 Å². The molecule has 1 aromatic heterocycles. The Kier molecular flexibility index (Phi) is 4.92. The van der Waals surface area contributed by atoms with Crippen molar-refractivity contribution in [3.63, 3.8) is 0 Å². The van der Waals surface area contributed by atoms with Gasteiger partial charge in [0.15, 0.2) is 0 Å². The topological polar surface area (TPSA) is 58.6 Å². The Morgan fingerprint density at radius 2 is 2.00 bits per heavy atom. The zero-order valence-electron chi connectivity index (χ0n) is 14.1. The molecule has 3 heterocycles. The molecule has 2 saturated heterocycles. The predicted molar refractivity (Wildman–Crippen MR) is 87.2 cm³/mol. The van der Waals surface area contributed by atoms with Crippen LogP contribution in [-0.4, -0.2) is 70.6 Å². The van der Waals surface area contributed by atoms with Crippen molar-refractivity contribution >= 4 is 5.91 Å². The van der Waals surface area contributed by atoms with Crippen LogP contribution in [0, 0.1) is 0 Å². The largest absolute Gasteiger partial charge is 0.380 e. The van der Waals surface area contributed by atoms with E-state index in [0.29, 0.717) is 11.9 Å². The van der Waals surface area contributed by atoms with Gasteiger partial charge in [-0.2, -0.15) is 0 Å². The van der Waals surface area contributed by atoms with E-state index >= 15 is 0 Å². The summed E-state index contributed by atoms with van der Waals surface area (Å²) in [5.41, 5.74) is 0.232. The molecule has 1 amide bonds. The zero-order valence-corrected chi connectivity index (χ0v) is 14.1. The maximum Gasteiger partial charge on any atom is 0.291 e. The minimum Gasteiger partial charge on any atom is -0.380 e. The highest BCUT2D eigenvalue weighted by molar-refractivity contribution is 5.90. The molecule has 6 heteroatoms. The van der Waals surface area contributed by atoms with Crippen LogP contribution in [0.2, 0.25) is 0 Å². The van der Waals surface area contributed by atoms with Gasteiger partial charge in [0.2, 0.25) is 5.82 Å². The number of hydrogen-bond donors (Lipinski definition) is 0. The average Bonchev–Trinajstić information content (AvgIpc) is 2.90. The van der Waals surface area contributed by atoms with Gasteiger partial charge in [0.25, 0.3) is 5.91 Å². The van der Waals surface area contributed by atoms with Crippen LogP contribution in [0.25, 0.3) is 0 Å². The number of amides is 1. The summed E-state index contributed by atoms with van der Waals surface area (Å²) in [6.45, 7) is 5.19. The molecular formula is C17H26N4O2. The molecule has 1 spiro atoms. The molecule has 0 saturated carbocycles. The summed E-state index contributed by atoms with van der Waals surface area (Å²) in [4.78, 5) is 25.0. The Hall–Kier alpha value is -1.53. The van der Waals surface area contributed by atoms with Crippen molar-refractivity contribution in [1.82, 2.24) is 19.8 Å². The second-order valence-corrected chi connectivity index (χ2v) is 6.55. The number of aromatic nitrogens is 2. The van der Waals surface area contributed by atoms with Crippen molar-refractivity contribution < 1.29 is 9.53 Å². The fraction of sp³-hybridized carbons (Fsp3) is 0.706. The molecule has 0 aromatic carbocycles. The molecular weight excluding hydrogens is 292 g/mol. The van der Waals surface area contributed by atoms with Gasteiger partial charge in [0.05, 0.1) is 6.61 Å². The molecule has 6 nitrogen and oxygen atoms in total. The zero-order chi connectivity index (χ0) is 16.3. The van der Waals surface area contributed by atoms with Crippen LogP contribution in [0.5, 0.6) is 0 Å².